The van der Waals surface area contributed by atoms with Crippen LogP contribution in [0.4, 0.5) is 17.1 Å². The summed E-state index contributed by atoms with van der Waals surface area (Å²) in [4.78, 5) is 26.1. The number of nitro groups is 1. The topological polar surface area (TPSA) is 113 Å². The average Bonchev–Trinajstić information content (AvgIpc) is 2.80. The molecule has 3 rings (SSSR count). The minimum absolute atomic E-state index is 0.0738. The summed E-state index contributed by atoms with van der Waals surface area (Å²) in [5, 5.41) is 14.4. The Morgan fingerprint density at radius 2 is 1.82 bits per heavy atom. The summed E-state index contributed by atoms with van der Waals surface area (Å²) in [7, 11) is -3.68. The molecule has 1 saturated heterocycles. The summed E-state index contributed by atoms with van der Waals surface area (Å²) >= 11 is 0. The van der Waals surface area contributed by atoms with E-state index in [-0.39, 0.29) is 16.1 Å². The number of carbonyl (C=O) groups excluding carboxylic acids is 1. The lowest BCUT2D eigenvalue weighted by Crippen LogP contribution is -2.33. The largest absolute Gasteiger partial charge is 0.366 e. The number of sulfonamides is 1. The number of piperidine rings is 1. The number of hydrogen-bond acceptors (Lipinski definition) is 6. The monoisotopic (exact) mass is 474 g/mol. The lowest BCUT2D eigenvalue weighted by Gasteiger charge is -2.31. The Kier molecular flexibility index (Phi) is 7.70. The van der Waals surface area contributed by atoms with Gasteiger partial charge in [0, 0.05) is 43.5 Å². The van der Waals surface area contributed by atoms with Crippen LogP contribution in [0.3, 0.4) is 0 Å². The summed E-state index contributed by atoms with van der Waals surface area (Å²) in [6, 6.07) is 10.5. The molecule has 1 N–H and O–H groups in total. The first-order valence-electron chi connectivity index (χ1n) is 11.1. The fraction of sp³-hybridized carbons (Fsp3) is 0.435. The second-order valence-corrected chi connectivity index (χ2v) is 10.1. The molecule has 10 heteroatoms. The van der Waals surface area contributed by atoms with Gasteiger partial charge in [0.1, 0.15) is 5.69 Å². The van der Waals surface area contributed by atoms with Crippen LogP contribution in [0.2, 0.25) is 0 Å². The van der Waals surface area contributed by atoms with Crippen LogP contribution in [-0.4, -0.2) is 49.7 Å². The van der Waals surface area contributed by atoms with E-state index in [1.165, 1.54) is 22.5 Å². The summed E-state index contributed by atoms with van der Waals surface area (Å²) in [5.41, 5.74) is 0.823. The molecule has 0 saturated carbocycles. The van der Waals surface area contributed by atoms with E-state index in [2.05, 4.69) is 12.2 Å². The predicted octanol–water partition coefficient (Wildman–Crippen LogP) is 4.11. The molecule has 2 aromatic rings. The van der Waals surface area contributed by atoms with Crippen LogP contribution >= 0.6 is 0 Å². The molecular formula is C23H30N4O5S. The van der Waals surface area contributed by atoms with E-state index < -0.39 is 20.9 Å². The maximum atomic E-state index is 12.8. The Hall–Kier alpha value is -2.98. The molecule has 9 nitrogen and oxygen atoms in total. The zero-order valence-corrected chi connectivity index (χ0v) is 20.0. The van der Waals surface area contributed by atoms with Crippen molar-refractivity contribution in [3.05, 3.63) is 58.1 Å². The third-order valence-corrected chi connectivity index (χ3v) is 8.04. The smallest absolute Gasteiger partial charge is 0.293 e. The number of rotatable bonds is 8. The minimum atomic E-state index is -3.68. The molecule has 178 valence electrons. The number of benzene rings is 2. The van der Waals surface area contributed by atoms with Gasteiger partial charge in [-0.15, -0.1) is 0 Å². The summed E-state index contributed by atoms with van der Waals surface area (Å²) in [5.74, 6) is 0.0426. The quantitative estimate of drug-likeness (QED) is 0.455. The van der Waals surface area contributed by atoms with E-state index in [0.717, 1.165) is 25.9 Å². The van der Waals surface area contributed by atoms with E-state index in [1.54, 1.807) is 38.1 Å². The van der Waals surface area contributed by atoms with Crippen molar-refractivity contribution >= 4 is 33.0 Å². The minimum Gasteiger partial charge on any atom is -0.366 e. The average molecular weight is 475 g/mol. The molecule has 33 heavy (non-hydrogen) atoms. The van der Waals surface area contributed by atoms with Crippen molar-refractivity contribution in [3.63, 3.8) is 0 Å². The van der Waals surface area contributed by atoms with Crippen molar-refractivity contribution < 1.29 is 18.1 Å². The van der Waals surface area contributed by atoms with Gasteiger partial charge in [0.2, 0.25) is 10.0 Å². The highest BCUT2D eigenvalue weighted by molar-refractivity contribution is 7.89. The SMILES string of the molecule is CCN(CC)S(=O)(=O)c1cccc(NC(=O)c2ccc(N3CCC(C)CC3)c([N+](=O)[O-])c2)c1. The first-order chi connectivity index (χ1) is 15.7. The molecule has 0 spiro atoms. The second-order valence-electron chi connectivity index (χ2n) is 8.20. The van der Waals surface area contributed by atoms with Crippen LogP contribution in [0.1, 0.15) is 44.0 Å². The first-order valence-corrected chi connectivity index (χ1v) is 12.6. The number of nitro benzene ring substituents is 1. The van der Waals surface area contributed by atoms with Crippen LogP contribution in [-0.2, 0) is 10.0 Å². The molecule has 1 amide bonds. The molecule has 0 radical (unpaired) electrons. The molecule has 0 aliphatic carbocycles. The van der Waals surface area contributed by atoms with Crippen LogP contribution in [0, 0.1) is 16.0 Å². The maximum Gasteiger partial charge on any atom is 0.293 e. The summed E-state index contributed by atoms with van der Waals surface area (Å²) in [6.45, 7) is 7.83. The van der Waals surface area contributed by atoms with Gasteiger partial charge in [-0.3, -0.25) is 14.9 Å². The van der Waals surface area contributed by atoms with Gasteiger partial charge in [-0.1, -0.05) is 26.8 Å². The van der Waals surface area contributed by atoms with E-state index >= 15 is 0 Å². The predicted molar refractivity (Wildman–Crippen MR) is 128 cm³/mol. The number of nitrogens with one attached hydrogen (secondary N) is 1. The molecular weight excluding hydrogens is 444 g/mol. The Balaban J connectivity index is 1.83. The Morgan fingerprint density at radius 3 is 2.42 bits per heavy atom. The lowest BCUT2D eigenvalue weighted by atomic mass is 9.98. The second kappa shape index (κ2) is 10.3. The van der Waals surface area contributed by atoms with Gasteiger partial charge in [0.15, 0.2) is 0 Å². The number of carbonyl (C=O) groups is 1. The van der Waals surface area contributed by atoms with E-state index in [4.69, 9.17) is 0 Å². The van der Waals surface area contributed by atoms with E-state index in [1.807, 2.05) is 4.90 Å². The van der Waals surface area contributed by atoms with Gasteiger partial charge in [-0.2, -0.15) is 4.31 Å². The van der Waals surface area contributed by atoms with E-state index in [0.29, 0.717) is 30.4 Å². The standard InChI is InChI=1S/C23H30N4O5S/c1-4-26(5-2)33(31,32)20-8-6-7-19(16-20)24-23(28)18-9-10-21(22(15-18)27(29)30)25-13-11-17(3)12-14-25/h6-10,15-17H,4-5,11-14H2,1-3H3,(H,24,28). The zero-order chi connectivity index (χ0) is 24.2. The number of anilines is 2. The molecule has 1 aliphatic heterocycles. The zero-order valence-electron chi connectivity index (χ0n) is 19.2. The molecule has 1 aliphatic rings. The van der Waals surface area contributed by atoms with Gasteiger partial charge in [0.25, 0.3) is 11.6 Å². The third kappa shape index (κ3) is 5.51. The fourth-order valence-electron chi connectivity index (χ4n) is 3.98. The van der Waals surface area contributed by atoms with Crippen LogP contribution in [0.25, 0.3) is 0 Å². The van der Waals surface area contributed by atoms with Crippen molar-refractivity contribution in [1.82, 2.24) is 4.31 Å². The maximum absolute atomic E-state index is 12.8. The Labute approximate surface area is 194 Å². The normalized spacial score (nSPS) is 15.0. The Morgan fingerprint density at radius 1 is 1.15 bits per heavy atom. The van der Waals surface area contributed by atoms with Gasteiger partial charge < -0.3 is 10.2 Å². The van der Waals surface area contributed by atoms with Gasteiger partial charge in [-0.25, -0.2) is 8.42 Å². The van der Waals surface area contributed by atoms with Crippen LogP contribution in [0.5, 0.6) is 0 Å². The molecule has 2 aromatic carbocycles. The molecule has 1 heterocycles. The van der Waals surface area contributed by atoms with Gasteiger partial charge in [0.05, 0.1) is 9.82 Å². The highest BCUT2D eigenvalue weighted by Crippen LogP contribution is 2.32. The summed E-state index contributed by atoms with van der Waals surface area (Å²) in [6.07, 6.45) is 1.93. The Bertz CT molecular complexity index is 1120. The fourth-order valence-corrected chi connectivity index (χ4v) is 5.48. The molecule has 0 aromatic heterocycles. The summed E-state index contributed by atoms with van der Waals surface area (Å²) < 4.78 is 26.9. The van der Waals surface area contributed by atoms with Crippen molar-refractivity contribution in [2.45, 2.75) is 38.5 Å². The van der Waals surface area contributed by atoms with Gasteiger partial charge in [-0.05, 0) is 49.1 Å². The van der Waals surface area contributed by atoms with Gasteiger partial charge >= 0.3 is 0 Å². The van der Waals surface area contributed by atoms with Crippen molar-refractivity contribution in [1.29, 1.82) is 0 Å². The molecule has 0 unspecified atom stereocenters. The van der Waals surface area contributed by atoms with Crippen LogP contribution in [0.15, 0.2) is 47.4 Å². The van der Waals surface area contributed by atoms with Crippen molar-refractivity contribution in [3.8, 4) is 0 Å². The van der Waals surface area contributed by atoms with Crippen molar-refractivity contribution in [2.75, 3.05) is 36.4 Å². The molecule has 0 bridgehead atoms. The third-order valence-electron chi connectivity index (χ3n) is 5.99. The highest BCUT2D eigenvalue weighted by Gasteiger charge is 2.25. The molecule has 1 fully saturated rings. The number of amides is 1. The first kappa shape index (κ1) is 24.7. The molecule has 0 atom stereocenters. The number of hydrogen-bond donors (Lipinski definition) is 1. The lowest BCUT2D eigenvalue weighted by molar-refractivity contribution is -0.384. The highest BCUT2D eigenvalue weighted by atomic mass is 32.2. The van der Waals surface area contributed by atoms with Crippen molar-refractivity contribution in [2.24, 2.45) is 5.92 Å². The van der Waals surface area contributed by atoms with E-state index in [9.17, 15) is 23.3 Å². The number of nitrogens with zero attached hydrogens (tertiary/aromatic N) is 3. The van der Waals surface area contributed by atoms with Crippen LogP contribution < -0.4 is 10.2 Å².